The van der Waals surface area contributed by atoms with Crippen molar-refractivity contribution in [2.75, 3.05) is 6.67 Å². The summed E-state index contributed by atoms with van der Waals surface area (Å²) in [5, 5.41) is 2.70. The number of benzene rings is 1. The summed E-state index contributed by atoms with van der Waals surface area (Å²) in [5.74, 6) is -1.46. The Balaban J connectivity index is 1.70. The molecule has 0 bridgehead atoms. The van der Waals surface area contributed by atoms with Crippen molar-refractivity contribution >= 4 is 12.0 Å². The van der Waals surface area contributed by atoms with Crippen LogP contribution in [-0.4, -0.2) is 52.3 Å². The van der Waals surface area contributed by atoms with Crippen molar-refractivity contribution in [3.8, 4) is 11.1 Å². The maximum absolute atomic E-state index is 13.9. The largest absolute Gasteiger partial charge is 0.443 e. The molecule has 0 spiro atoms. The molecule has 1 aliphatic rings. The highest BCUT2D eigenvalue weighted by Gasteiger charge is 2.52. The molecule has 2 aromatic rings. The maximum Gasteiger partial charge on any atom is 0.407 e. The summed E-state index contributed by atoms with van der Waals surface area (Å²) in [6.07, 6.45) is -3.03. The van der Waals surface area contributed by atoms with Crippen LogP contribution in [0.1, 0.15) is 52.0 Å². The van der Waals surface area contributed by atoms with E-state index in [2.05, 4.69) is 10.3 Å². The van der Waals surface area contributed by atoms with E-state index in [1.165, 1.54) is 13.8 Å². The van der Waals surface area contributed by atoms with Gasteiger partial charge in [-0.2, -0.15) is 8.78 Å². The van der Waals surface area contributed by atoms with Crippen LogP contribution in [0.15, 0.2) is 42.6 Å². The Morgan fingerprint density at radius 3 is 2.29 bits per heavy atom. The van der Waals surface area contributed by atoms with Gasteiger partial charge in [-0.05, 0) is 51.8 Å². The number of rotatable bonds is 6. The van der Waals surface area contributed by atoms with Crippen LogP contribution >= 0.6 is 0 Å². The van der Waals surface area contributed by atoms with E-state index in [1.807, 2.05) is 26.8 Å². The monoisotopic (exact) mass is 493 g/mol. The van der Waals surface area contributed by atoms with Gasteiger partial charge in [-0.25, -0.2) is 9.18 Å². The average molecular weight is 494 g/mol. The SMILES string of the molecule is CC(C)(C)NC(=O)OCc1ccc(-c2ccc([C@H]3OC(C)(C)N(C(=O)C(F)F)[C@@H]3CF)cc2)cn1. The summed E-state index contributed by atoms with van der Waals surface area (Å²) < 4.78 is 51.0. The van der Waals surface area contributed by atoms with Crippen molar-refractivity contribution in [3.05, 3.63) is 53.9 Å². The number of nitrogens with zero attached hydrogens (tertiary/aromatic N) is 2. The molecule has 10 heteroatoms. The Morgan fingerprint density at radius 1 is 1.14 bits per heavy atom. The van der Waals surface area contributed by atoms with Crippen molar-refractivity contribution in [1.82, 2.24) is 15.2 Å². The van der Waals surface area contributed by atoms with Crippen LogP contribution in [0.25, 0.3) is 11.1 Å². The second-order valence-electron chi connectivity index (χ2n) is 9.83. The second-order valence-corrected chi connectivity index (χ2v) is 9.83. The minimum Gasteiger partial charge on any atom is -0.443 e. The van der Waals surface area contributed by atoms with Gasteiger partial charge >= 0.3 is 12.5 Å². The topological polar surface area (TPSA) is 80.8 Å². The number of hydrogen-bond donors (Lipinski definition) is 1. The van der Waals surface area contributed by atoms with Crippen molar-refractivity contribution in [2.24, 2.45) is 0 Å². The number of amides is 2. The molecule has 35 heavy (non-hydrogen) atoms. The Kier molecular flexibility index (Phi) is 7.74. The molecule has 1 aliphatic heterocycles. The van der Waals surface area contributed by atoms with E-state index in [-0.39, 0.29) is 6.61 Å². The van der Waals surface area contributed by atoms with Crippen LogP contribution in [-0.2, 0) is 20.9 Å². The first kappa shape index (κ1) is 26.5. The summed E-state index contributed by atoms with van der Waals surface area (Å²) in [7, 11) is 0. The number of alkyl carbamates (subject to hydrolysis) is 1. The molecule has 0 aliphatic carbocycles. The molecule has 1 aromatic heterocycles. The van der Waals surface area contributed by atoms with Gasteiger partial charge in [0.1, 0.15) is 25.1 Å². The van der Waals surface area contributed by atoms with Crippen LogP contribution < -0.4 is 5.32 Å². The fraction of sp³-hybridized carbons (Fsp3) is 0.480. The number of alkyl halides is 3. The molecule has 2 heterocycles. The quantitative estimate of drug-likeness (QED) is 0.612. The zero-order valence-electron chi connectivity index (χ0n) is 20.3. The number of nitrogens with one attached hydrogen (secondary N) is 1. The first-order chi connectivity index (χ1) is 16.3. The third-order valence-corrected chi connectivity index (χ3v) is 5.48. The third-order valence-electron chi connectivity index (χ3n) is 5.48. The highest BCUT2D eigenvalue weighted by atomic mass is 19.3. The highest BCUT2D eigenvalue weighted by molar-refractivity contribution is 5.80. The van der Waals surface area contributed by atoms with Gasteiger partial charge in [0.15, 0.2) is 0 Å². The lowest BCUT2D eigenvalue weighted by atomic mass is 9.99. The minimum atomic E-state index is -3.25. The molecule has 190 valence electrons. The molecule has 2 atom stereocenters. The summed E-state index contributed by atoms with van der Waals surface area (Å²) in [5.41, 5.74) is 0.972. The van der Waals surface area contributed by atoms with Gasteiger partial charge < -0.3 is 19.7 Å². The summed E-state index contributed by atoms with van der Waals surface area (Å²) in [6, 6.07) is 9.39. The number of aromatic nitrogens is 1. The Hall–Kier alpha value is -3.14. The van der Waals surface area contributed by atoms with Crippen LogP contribution in [0.3, 0.4) is 0 Å². The number of ether oxygens (including phenoxy) is 2. The van der Waals surface area contributed by atoms with E-state index >= 15 is 0 Å². The standard InChI is InChI=1S/C25H30F3N3O4/c1-24(2,3)30-23(33)34-14-18-11-10-17(13-29-18)15-6-8-16(9-7-15)20-19(12-26)31(22(32)21(27)28)25(4,5)35-20/h6-11,13,19-21H,12,14H2,1-5H3,(H,30,33)/t19-,20-/m1/s1. The molecular weight excluding hydrogens is 463 g/mol. The first-order valence-corrected chi connectivity index (χ1v) is 11.2. The van der Waals surface area contributed by atoms with E-state index in [4.69, 9.17) is 9.47 Å². The van der Waals surface area contributed by atoms with E-state index in [9.17, 15) is 22.8 Å². The average Bonchev–Trinajstić information content (AvgIpc) is 3.06. The zero-order chi connectivity index (χ0) is 26.0. The molecule has 0 saturated carbocycles. The molecule has 1 fully saturated rings. The molecule has 3 rings (SSSR count). The van der Waals surface area contributed by atoms with Crippen LogP contribution in [0.2, 0.25) is 0 Å². The minimum absolute atomic E-state index is 0.0222. The second kappa shape index (κ2) is 10.2. The number of carbonyl (C=O) groups is 2. The smallest absolute Gasteiger partial charge is 0.407 e. The zero-order valence-corrected chi connectivity index (χ0v) is 20.3. The van der Waals surface area contributed by atoms with Gasteiger partial charge in [0.05, 0.1) is 11.7 Å². The van der Waals surface area contributed by atoms with Gasteiger partial charge in [0.25, 0.3) is 5.91 Å². The Bertz CT molecular complexity index is 1040. The number of hydrogen-bond acceptors (Lipinski definition) is 5. The number of halogens is 3. The van der Waals surface area contributed by atoms with Gasteiger partial charge in [0.2, 0.25) is 0 Å². The maximum atomic E-state index is 13.9. The molecular formula is C25H30F3N3O4. The van der Waals surface area contributed by atoms with E-state index < -0.39 is 48.5 Å². The lowest BCUT2D eigenvalue weighted by Gasteiger charge is -2.32. The first-order valence-electron chi connectivity index (χ1n) is 11.2. The molecule has 2 amide bonds. The van der Waals surface area contributed by atoms with E-state index in [0.717, 1.165) is 16.0 Å². The predicted molar refractivity (Wildman–Crippen MR) is 123 cm³/mol. The van der Waals surface area contributed by atoms with Crippen LogP contribution in [0, 0.1) is 0 Å². The normalized spacial score (nSPS) is 19.6. The number of carbonyl (C=O) groups excluding carboxylic acids is 2. The van der Waals surface area contributed by atoms with Gasteiger partial charge in [-0.15, -0.1) is 0 Å². The van der Waals surface area contributed by atoms with Gasteiger partial charge in [-0.1, -0.05) is 30.3 Å². The molecule has 1 aromatic carbocycles. The Labute approximate surface area is 202 Å². The molecule has 0 unspecified atom stereocenters. The highest BCUT2D eigenvalue weighted by Crippen LogP contribution is 2.42. The fourth-order valence-electron chi connectivity index (χ4n) is 3.98. The summed E-state index contributed by atoms with van der Waals surface area (Å²) in [4.78, 5) is 28.9. The van der Waals surface area contributed by atoms with Crippen LogP contribution in [0.4, 0.5) is 18.0 Å². The van der Waals surface area contributed by atoms with E-state index in [0.29, 0.717) is 11.3 Å². The van der Waals surface area contributed by atoms with Gasteiger partial charge in [-0.3, -0.25) is 9.78 Å². The Morgan fingerprint density at radius 2 is 1.77 bits per heavy atom. The molecule has 0 radical (unpaired) electrons. The van der Waals surface area contributed by atoms with Crippen molar-refractivity contribution in [1.29, 1.82) is 0 Å². The lowest BCUT2D eigenvalue weighted by molar-refractivity contribution is -0.159. The van der Waals surface area contributed by atoms with Crippen molar-refractivity contribution in [3.63, 3.8) is 0 Å². The van der Waals surface area contributed by atoms with Gasteiger partial charge in [0, 0.05) is 17.3 Å². The summed E-state index contributed by atoms with van der Waals surface area (Å²) in [6.45, 7) is 7.49. The molecule has 1 saturated heterocycles. The summed E-state index contributed by atoms with van der Waals surface area (Å²) >= 11 is 0. The lowest BCUT2D eigenvalue weighted by Crippen LogP contribution is -2.51. The van der Waals surface area contributed by atoms with Crippen molar-refractivity contribution in [2.45, 2.75) is 71.1 Å². The predicted octanol–water partition coefficient (Wildman–Crippen LogP) is 5.01. The van der Waals surface area contributed by atoms with Crippen molar-refractivity contribution < 1.29 is 32.2 Å². The third kappa shape index (κ3) is 6.30. The van der Waals surface area contributed by atoms with Crippen LogP contribution in [0.5, 0.6) is 0 Å². The number of pyridine rings is 1. The van der Waals surface area contributed by atoms with E-state index in [1.54, 1.807) is 36.5 Å². The molecule has 7 nitrogen and oxygen atoms in total. The molecule has 1 N–H and O–H groups in total. The fourth-order valence-corrected chi connectivity index (χ4v) is 3.98.